The number of likely N-dealkylation sites (N-methyl/N-ethyl adjacent to an activating group) is 1. The molecular weight excluding hydrogens is 330 g/mol. The van der Waals surface area contributed by atoms with Crippen LogP contribution in [-0.4, -0.2) is 102 Å². The van der Waals surface area contributed by atoms with Crippen LogP contribution >= 0.6 is 0 Å². The number of nitrogens with zero attached hydrogens (tertiary/aromatic N) is 3. The van der Waals surface area contributed by atoms with E-state index >= 15 is 0 Å². The van der Waals surface area contributed by atoms with E-state index in [0.29, 0.717) is 25.2 Å². The maximum Gasteiger partial charge on any atom is 0.191 e. The van der Waals surface area contributed by atoms with Crippen LogP contribution in [0.1, 0.15) is 27.2 Å². The molecule has 154 valence electrons. The second-order valence-electron chi connectivity index (χ2n) is 7.26. The number of ether oxygens (including phenoxy) is 2. The number of rotatable bonds is 12. The summed E-state index contributed by atoms with van der Waals surface area (Å²) in [6.07, 6.45) is 0.959. The quantitative estimate of drug-likeness (QED) is 0.302. The molecule has 0 radical (unpaired) electrons. The Kier molecular flexibility index (Phi) is 12.6. The molecule has 26 heavy (non-hydrogen) atoms. The van der Waals surface area contributed by atoms with Crippen molar-refractivity contribution in [3.63, 3.8) is 0 Å². The molecule has 1 fully saturated rings. The molecule has 0 aliphatic carbocycles. The van der Waals surface area contributed by atoms with Crippen molar-refractivity contribution in [1.29, 1.82) is 0 Å². The lowest BCUT2D eigenvalue weighted by Gasteiger charge is -2.39. The summed E-state index contributed by atoms with van der Waals surface area (Å²) in [5, 5.41) is 6.77. The fourth-order valence-electron chi connectivity index (χ4n) is 3.05. The van der Waals surface area contributed by atoms with E-state index in [-0.39, 0.29) is 0 Å². The summed E-state index contributed by atoms with van der Waals surface area (Å²) in [6, 6.07) is 0.497. The fourth-order valence-corrected chi connectivity index (χ4v) is 3.05. The second-order valence-corrected chi connectivity index (χ2v) is 7.26. The van der Waals surface area contributed by atoms with Crippen molar-refractivity contribution < 1.29 is 9.47 Å². The highest BCUT2D eigenvalue weighted by atomic mass is 16.5. The van der Waals surface area contributed by atoms with Gasteiger partial charge in [0, 0.05) is 59.0 Å². The van der Waals surface area contributed by atoms with Crippen LogP contribution in [0.15, 0.2) is 4.99 Å². The Morgan fingerprint density at radius 1 is 1.08 bits per heavy atom. The van der Waals surface area contributed by atoms with E-state index in [1.54, 1.807) is 7.11 Å². The average Bonchev–Trinajstić information content (AvgIpc) is 2.62. The Morgan fingerprint density at radius 2 is 1.81 bits per heavy atom. The molecule has 1 aliphatic heterocycles. The molecule has 7 nitrogen and oxygen atoms in total. The monoisotopic (exact) mass is 371 g/mol. The minimum atomic E-state index is 0.497. The van der Waals surface area contributed by atoms with Gasteiger partial charge in [-0.15, -0.1) is 0 Å². The molecule has 0 aromatic rings. The largest absolute Gasteiger partial charge is 0.382 e. The van der Waals surface area contributed by atoms with E-state index in [1.165, 1.54) is 0 Å². The summed E-state index contributed by atoms with van der Waals surface area (Å²) in [4.78, 5) is 9.85. The standard InChI is InChI=1S/C19H41N5O2/c1-6-20-19(21-8-7-13-26-15-14-25-5)22-16-18(17(2)3)24-11-9-23(4)10-12-24/h17-18H,6-16H2,1-5H3,(H2,20,21,22). The Labute approximate surface area is 160 Å². The number of piperazine rings is 1. The first-order chi connectivity index (χ1) is 12.6. The van der Waals surface area contributed by atoms with Gasteiger partial charge in [0.2, 0.25) is 0 Å². The van der Waals surface area contributed by atoms with Crippen LogP contribution in [0.2, 0.25) is 0 Å². The molecule has 7 heteroatoms. The lowest BCUT2D eigenvalue weighted by molar-refractivity contribution is 0.0698. The first kappa shape index (κ1) is 23.1. The molecule has 1 saturated heterocycles. The van der Waals surface area contributed by atoms with Crippen LogP contribution in [0, 0.1) is 5.92 Å². The van der Waals surface area contributed by atoms with Gasteiger partial charge in [-0.3, -0.25) is 9.89 Å². The number of nitrogens with one attached hydrogen (secondary N) is 2. The third-order valence-electron chi connectivity index (χ3n) is 4.75. The van der Waals surface area contributed by atoms with Crippen molar-refractivity contribution in [2.24, 2.45) is 10.9 Å². The molecule has 0 aromatic heterocycles. The minimum Gasteiger partial charge on any atom is -0.382 e. The highest BCUT2D eigenvalue weighted by Gasteiger charge is 2.24. The van der Waals surface area contributed by atoms with E-state index in [2.05, 4.69) is 48.3 Å². The van der Waals surface area contributed by atoms with Gasteiger partial charge in [0.05, 0.1) is 19.8 Å². The molecule has 0 saturated carbocycles. The zero-order chi connectivity index (χ0) is 19.2. The molecule has 1 aliphatic rings. The minimum absolute atomic E-state index is 0.497. The molecule has 0 aromatic carbocycles. The lowest BCUT2D eigenvalue weighted by Crippen LogP contribution is -2.52. The molecule has 0 bridgehead atoms. The lowest BCUT2D eigenvalue weighted by atomic mass is 10.0. The molecule has 2 N–H and O–H groups in total. The van der Waals surface area contributed by atoms with Crippen LogP contribution in [0.4, 0.5) is 0 Å². The van der Waals surface area contributed by atoms with Crippen LogP contribution in [-0.2, 0) is 9.47 Å². The van der Waals surface area contributed by atoms with E-state index in [9.17, 15) is 0 Å². The van der Waals surface area contributed by atoms with Gasteiger partial charge in [0.25, 0.3) is 0 Å². The summed E-state index contributed by atoms with van der Waals surface area (Å²) >= 11 is 0. The van der Waals surface area contributed by atoms with Crippen LogP contribution in [0.3, 0.4) is 0 Å². The van der Waals surface area contributed by atoms with Gasteiger partial charge < -0.3 is 25.0 Å². The summed E-state index contributed by atoms with van der Waals surface area (Å²) < 4.78 is 10.5. The van der Waals surface area contributed by atoms with Gasteiger partial charge in [-0.2, -0.15) is 0 Å². The highest BCUT2D eigenvalue weighted by Crippen LogP contribution is 2.13. The Bertz CT molecular complexity index is 371. The number of aliphatic imine (C=N–C) groups is 1. The number of hydrogen-bond donors (Lipinski definition) is 2. The van der Waals surface area contributed by atoms with Gasteiger partial charge in [0.15, 0.2) is 5.96 Å². The van der Waals surface area contributed by atoms with Crippen LogP contribution in [0.25, 0.3) is 0 Å². The Balaban J connectivity index is 2.41. The zero-order valence-electron chi connectivity index (χ0n) is 17.6. The molecule has 1 atom stereocenters. The first-order valence-electron chi connectivity index (χ1n) is 10.1. The van der Waals surface area contributed by atoms with Gasteiger partial charge in [-0.05, 0) is 26.3 Å². The molecule has 1 unspecified atom stereocenters. The molecule has 1 heterocycles. The summed E-state index contributed by atoms with van der Waals surface area (Å²) in [5.41, 5.74) is 0. The van der Waals surface area contributed by atoms with Crippen molar-refractivity contribution in [2.45, 2.75) is 33.2 Å². The summed E-state index contributed by atoms with van der Waals surface area (Å²) in [5.74, 6) is 1.50. The Hall–Kier alpha value is -0.890. The van der Waals surface area contributed by atoms with Gasteiger partial charge >= 0.3 is 0 Å². The predicted octanol–water partition coefficient (Wildman–Crippen LogP) is 0.867. The van der Waals surface area contributed by atoms with E-state index in [1.807, 2.05) is 0 Å². The predicted molar refractivity (Wildman–Crippen MR) is 109 cm³/mol. The topological polar surface area (TPSA) is 61.4 Å². The normalized spacial score (nSPS) is 18.3. The fraction of sp³-hybridized carbons (Fsp3) is 0.947. The average molecular weight is 372 g/mol. The zero-order valence-corrected chi connectivity index (χ0v) is 17.6. The van der Waals surface area contributed by atoms with Crippen LogP contribution < -0.4 is 10.6 Å². The number of guanidine groups is 1. The molecule has 1 rings (SSSR count). The van der Waals surface area contributed by atoms with E-state index < -0.39 is 0 Å². The van der Waals surface area contributed by atoms with E-state index in [4.69, 9.17) is 14.5 Å². The van der Waals surface area contributed by atoms with Crippen LogP contribution in [0.5, 0.6) is 0 Å². The van der Waals surface area contributed by atoms with Gasteiger partial charge in [-0.1, -0.05) is 13.8 Å². The van der Waals surface area contributed by atoms with Gasteiger partial charge in [0.1, 0.15) is 0 Å². The maximum absolute atomic E-state index is 5.50. The number of methoxy groups -OCH3 is 1. The molecule has 0 amide bonds. The Morgan fingerprint density at radius 3 is 2.42 bits per heavy atom. The van der Waals surface area contributed by atoms with Crippen molar-refractivity contribution in [3.8, 4) is 0 Å². The third kappa shape index (κ3) is 9.71. The molecular formula is C19H41N5O2. The molecule has 0 spiro atoms. The van der Waals surface area contributed by atoms with Crippen molar-refractivity contribution in [2.75, 3.05) is 79.8 Å². The smallest absolute Gasteiger partial charge is 0.191 e. The number of hydrogen-bond acceptors (Lipinski definition) is 5. The van der Waals surface area contributed by atoms with Crippen molar-refractivity contribution in [1.82, 2.24) is 20.4 Å². The van der Waals surface area contributed by atoms with Crippen molar-refractivity contribution >= 4 is 5.96 Å². The summed E-state index contributed by atoms with van der Waals surface area (Å²) in [7, 11) is 3.89. The SMILES string of the molecule is CCNC(=NCC(C(C)C)N1CCN(C)CC1)NCCCOCCOC. The van der Waals surface area contributed by atoms with E-state index in [0.717, 1.165) is 64.8 Å². The maximum atomic E-state index is 5.50. The second kappa shape index (κ2) is 14.2. The summed E-state index contributed by atoms with van der Waals surface area (Å²) in [6.45, 7) is 15.9. The van der Waals surface area contributed by atoms with Gasteiger partial charge in [-0.25, -0.2) is 0 Å². The highest BCUT2D eigenvalue weighted by molar-refractivity contribution is 5.79. The van der Waals surface area contributed by atoms with Crippen molar-refractivity contribution in [3.05, 3.63) is 0 Å². The third-order valence-corrected chi connectivity index (χ3v) is 4.75. The first-order valence-corrected chi connectivity index (χ1v) is 10.1.